The first-order valence-electron chi connectivity index (χ1n) is 6.02. The van der Waals surface area contributed by atoms with E-state index in [9.17, 15) is 0 Å². The highest BCUT2D eigenvalue weighted by atomic mass is 15.2. The maximum absolute atomic E-state index is 5.94. The summed E-state index contributed by atoms with van der Waals surface area (Å²) < 4.78 is 0. The molecule has 90 valence electrons. The number of nitrogens with two attached hydrogens (primary N) is 1. The van der Waals surface area contributed by atoms with Gasteiger partial charge in [0.2, 0.25) is 0 Å². The van der Waals surface area contributed by atoms with E-state index in [1.54, 1.807) is 0 Å². The van der Waals surface area contributed by atoms with Gasteiger partial charge in [-0.1, -0.05) is 0 Å². The second-order valence-electron chi connectivity index (χ2n) is 5.49. The summed E-state index contributed by atoms with van der Waals surface area (Å²) in [5.41, 5.74) is 6.35. The first-order chi connectivity index (χ1) is 6.89. The number of rotatable bonds is 5. The smallest absolute Gasteiger partial charge is 0.0330 e. The van der Waals surface area contributed by atoms with Crippen molar-refractivity contribution in [2.45, 2.75) is 50.7 Å². The molecule has 3 heteroatoms. The molecule has 0 bridgehead atoms. The Kier molecular flexibility index (Phi) is 4.15. The molecule has 2 N–H and O–H groups in total. The minimum Gasteiger partial charge on any atom is -0.327 e. The van der Waals surface area contributed by atoms with Crippen LogP contribution in [0.3, 0.4) is 0 Å². The van der Waals surface area contributed by atoms with Gasteiger partial charge in [-0.2, -0.15) is 0 Å². The van der Waals surface area contributed by atoms with Gasteiger partial charge in [0, 0.05) is 24.2 Å². The van der Waals surface area contributed by atoms with Crippen molar-refractivity contribution in [3.63, 3.8) is 0 Å². The van der Waals surface area contributed by atoms with Crippen molar-refractivity contribution in [3.8, 4) is 0 Å². The maximum Gasteiger partial charge on any atom is 0.0330 e. The van der Waals surface area contributed by atoms with Crippen molar-refractivity contribution in [1.29, 1.82) is 0 Å². The number of nitrogens with zero attached hydrogens (tertiary/aromatic N) is 2. The maximum atomic E-state index is 5.94. The molecule has 2 unspecified atom stereocenters. The lowest BCUT2D eigenvalue weighted by molar-refractivity contribution is 0.0159. The van der Waals surface area contributed by atoms with Gasteiger partial charge in [-0.3, -0.25) is 0 Å². The van der Waals surface area contributed by atoms with Crippen LogP contribution in [0.25, 0.3) is 0 Å². The zero-order valence-electron chi connectivity index (χ0n) is 11.0. The zero-order valence-corrected chi connectivity index (χ0v) is 11.0. The van der Waals surface area contributed by atoms with E-state index in [0.717, 1.165) is 6.54 Å². The predicted molar refractivity (Wildman–Crippen MR) is 66.0 cm³/mol. The summed E-state index contributed by atoms with van der Waals surface area (Å²) in [4.78, 5) is 4.80. The van der Waals surface area contributed by atoms with Crippen LogP contribution in [0.4, 0.5) is 0 Å². The van der Waals surface area contributed by atoms with Crippen molar-refractivity contribution in [2.75, 3.05) is 27.7 Å². The largest absolute Gasteiger partial charge is 0.327 e. The highest BCUT2D eigenvalue weighted by Gasteiger charge is 2.40. The van der Waals surface area contributed by atoms with Crippen LogP contribution >= 0.6 is 0 Å². The molecule has 0 radical (unpaired) electrons. The van der Waals surface area contributed by atoms with Crippen LogP contribution < -0.4 is 5.73 Å². The van der Waals surface area contributed by atoms with Gasteiger partial charge >= 0.3 is 0 Å². The highest BCUT2D eigenvalue weighted by molar-refractivity contribution is 4.98. The van der Waals surface area contributed by atoms with E-state index in [1.807, 2.05) is 0 Å². The second-order valence-corrected chi connectivity index (χ2v) is 5.49. The molecule has 1 fully saturated rings. The van der Waals surface area contributed by atoms with E-state index in [2.05, 4.69) is 44.8 Å². The van der Waals surface area contributed by atoms with Gasteiger partial charge in [0.05, 0.1) is 0 Å². The van der Waals surface area contributed by atoms with E-state index < -0.39 is 0 Å². The van der Waals surface area contributed by atoms with Gasteiger partial charge in [-0.15, -0.1) is 0 Å². The molecular formula is C12H27N3. The number of hydrogen-bond donors (Lipinski definition) is 1. The molecule has 2 atom stereocenters. The molecule has 3 nitrogen and oxygen atoms in total. The van der Waals surface area contributed by atoms with Crippen LogP contribution in [0.15, 0.2) is 0 Å². The Morgan fingerprint density at radius 2 is 1.73 bits per heavy atom. The third-order valence-corrected chi connectivity index (χ3v) is 4.23. The Hall–Kier alpha value is -0.120. The normalized spacial score (nSPS) is 24.0. The first kappa shape index (κ1) is 12.9. The molecule has 1 rings (SSSR count). The van der Waals surface area contributed by atoms with E-state index in [4.69, 9.17) is 5.73 Å². The SMILES string of the molecule is CC(N)C(C)N(C)CC1(N(C)C)CCC1. The molecule has 1 aliphatic rings. The van der Waals surface area contributed by atoms with Crippen LogP contribution in [0, 0.1) is 0 Å². The van der Waals surface area contributed by atoms with Crippen molar-refractivity contribution >= 4 is 0 Å². The van der Waals surface area contributed by atoms with Crippen LogP contribution in [0.2, 0.25) is 0 Å². The highest BCUT2D eigenvalue weighted by Crippen LogP contribution is 2.36. The van der Waals surface area contributed by atoms with Gasteiger partial charge in [-0.05, 0) is 54.3 Å². The fraction of sp³-hybridized carbons (Fsp3) is 1.00. The summed E-state index contributed by atoms with van der Waals surface area (Å²) in [7, 11) is 6.59. The van der Waals surface area contributed by atoms with Crippen molar-refractivity contribution in [2.24, 2.45) is 5.73 Å². The summed E-state index contributed by atoms with van der Waals surface area (Å²) >= 11 is 0. The molecule has 0 spiro atoms. The minimum absolute atomic E-state index is 0.245. The van der Waals surface area contributed by atoms with Crippen molar-refractivity contribution in [3.05, 3.63) is 0 Å². The summed E-state index contributed by atoms with van der Waals surface area (Å²) in [6, 6.07) is 0.705. The molecule has 0 heterocycles. The molecule has 0 aromatic heterocycles. The van der Waals surface area contributed by atoms with E-state index in [1.165, 1.54) is 19.3 Å². The first-order valence-corrected chi connectivity index (χ1v) is 6.02. The van der Waals surface area contributed by atoms with Gasteiger partial charge < -0.3 is 15.5 Å². The average Bonchev–Trinajstić information content (AvgIpc) is 2.08. The van der Waals surface area contributed by atoms with E-state index in [0.29, 0.717) is 11.6 Å². The van der Waals surface area contributed by atoms with Crippen LogP contribution in [-0.2, 0) is 0 Å². The Bertz CT molecular complexity index is 197. The van der Waals surface area contributed by atoms with Gasteiger partial charge in [0.1, 0.15) is 0 Å². The van der Waals surface area contributed by atoms with Crippen molar-refractivity contribution < 1.29 is 0 Å². The minimum atomic E-state index is 0.245. The second kappa shape index (κ2) is 4.81. The van der Waals surface area contributed by atoms with Crippen LogP contribution in [0.1, 0.15) is 33.1 Å². The average molecular weight is 213 g/mol. The summed E-state index contributed by atoms with van der Waals surface area (Å²) in [6.07, 6.45) is 4.03. The number of hydrogen-bond acceptors (Lipinski definition) is 3. The summed E-state index contributed by atoms with van der Waals surface area (Å²) in [5, 5.41) is 0. The number of likely N-dealkylation sites (N-methyl/N-ethyl adjacent to an activating group) is 2. The summed E-state index contributed by atoms with van der Waals surface area (Å²) in [6.45, 7) is 5.44. The topological polar surface area (TPSA) is 32.5 Å². The molecule has 1 aliphatic carbocycles. The molecular weight excluding hydrogens is 186 g/mol. The fourth-order valence-electron chi connectivity index (χ4n) is 2.34. The zero-order chi connectivity index (χ0) is 11.6. The molecule has 0 saturated heterocycles. The van der Waals surface area contributed by atoms with Crippen molar-refractivity contribution in [1.82, 2.24) is 9.80 Å². The quantitative estimate of drug-likeness (QED) is 0.743. The van der Waals surface area contributed by atoms with E-state index in [-0.39, 0.29) is 6.04 Å². The molecule has 0 aromatic rings. The lowest BCUT2D eigenvalue weighted by atomic mass is 9.75. The van der Waals surface area contributed by atoms with Gasteiger partial charge in [0.15, 0.2) is 0 Å². The molecule has 15 heavy (non-hydrogen) atoms. The summed E-state index contributed by atoms with van der Waals surface area (Å²) in [5.74, 6) is 0. The van der Waals surface area contributed by atoms with Crippen LogP contribution in [0.5, 0.6) is 0 Å². The van der Waals surface area contributed by atoms with E-state index >= 15 is 0 Å². The lowest BCUT2D eigenvalue weighted by Gasteiger charge is -2.50. The van der Waals surface area contributed by atoms with Gasteiger partial charge in [-0.25, -0.2) is 0 Å². The Labute approximate surface area is 94.6 Å². The Morgan fingerprint density at radius 3 is 2.00 bits per heavy atom. The standard InChI is InChI=1S/C12H27N3/c1-10(13)11(2)15(5)9-12(14(3)4)7-6-8-12/h10-11H,6-9,13H2,1-5H3. The Morgan fingerprint density at radius 1 is 1.20 bits per heavy atom. The van der Waals surface area contributed by atoms with Gasteiger partial charge in [0.25, 0.3) is 0 Å². The molecule has 1 saturated carbocycles. The fourth-order valence-corrected chi connectivity index (χ4v) is 2.34. The van der Waals surface area contributed by atoms with Crippen LogP contribution in [-0.4, -0.2) is 55.1 Å². The predicted octanol–water partition coefficient (Wildman–Crippen LogP) is 1.14. The Balaban J connectivity index is 2.52. The monoisotopic (exact) mass is 213 g/mol. The molecule has 0 amide bonds. The molecule has 0 aliphatic heterocycles. The third kappa shape index (κ3) is 2.71. The lowest BCUT2D eigenvalue weighted by Crippen LogP contribution is -2.59. The third-order valence-electron chi connectivity index (χ3n) is 4.23. The molecule has 0 aromatic carbocycles.